The third-order valence-electron chi connectivity index (χ3n) is 2.87. The number of nitro groups is 1. The Morgan fingerprint density at radius 1 is 1.05 bits per heavy atom. The van der Waals surface area contributed by atoms with E-state index in [0.29, 0.717) is 5.82 Å². The van der Waals surface area contributed by atoms with Gasteiger partial charge in [0.25, 0.3) is 5.69 Å². The maximum Gasteiger partial charge on any atom is 0.274 e. The molecule has 2 heterocycles. The van der Waals surface area contributed by atoms with Crippen LogP contribution in [0.25, 0.3) is 10.8 Å². The number of anilines is 2. The number of rotatable bonds is 3. The topological polar surface area (TPSA) is 81.0 Å². The molecule has 0 unspecified atom stereocenters. The van der Waals surface area contributed by atoms with Crippen LogP contribution in [0.3, 0.4) is 0 Å². The Kier molecular flexibility index (Phi) is 2.96. The van der Waals surface area contributed by atoms with Crippen molar-refractivity contribution >= 4 is 28.0 Å². The summed E-state index contributed by atoms with van der Waals surface area (Å²) >= 11 is 0. The van der Waals surface area contributed by atoms with Gasteiger partial charge in [0.05, 0.1) is 11.0 Å². The predicted octanol–water partition coefficient (Wildman–Crippen LogP) is 3.28. The van der Waals surface area contributed by atoms with E-state index in [0.717, 1.165) is 16.5 Å². The fourth-order valence-corrected chi connectivity index (χ4v) is 1.91. The number of benzene rings is 1. The molecule has 0 atom stereocenters. The highest BCUT2D eigenvalue weighted by Gasteiger charge is 2.07. The highest BCUT2D eigenvalue weighted by atomic mass is 16.6. The lowest BCUT2D eigenvalue weighted by atomic mass is 10.1. The van der Waals surface area contributed by atoms with E-state index in [2.05, 4.69) is 15.3 Å². The molecular formula is C14H10N4O2. The molecule has 0 spiro atoms. The normalized spacial score (nSPS) is 10.4. The van der Waals surface area contributed by atoms with Crippen molar-refractivity contribution in [1.82, 2.24) is 9.97 Å². The Bertz CT molecular complexity index is 789. The Balaban J connectivity index is 1.92. The first-order chi connectivity index (χ1) is 9.72. The van der Waals surface area contributed by atoms with Crippen LogP contribution in [0.2, 0.25) is 0 Å². The second kappa shape index (κ2) is 4.93. The number of fused-ring (bicyclic) bond motifs is 1. The zero-order valence-electron chi connectivity index (χ0n) is 10.4. The second-order valence-electron chi connectivity index (χ2n) is 4.22. The summed E-state index contributed by atoms with van der Waals surface area (Å²) in [5.41, 5.74) is 0.809. The molecule has 0 fully saturated rings. The summed E-state index contributed by atoms with van der Waals surface area (Å²) in [7, 11) is 0. The van der Waals surface area contributed by atoms with Crippen LogP contribution < -0.4 is 5.32 Å². The Hall–Kier alpha value is -3.02. The van der Waals surface area contributed by atoms with E-state index in [4.69, 9.17) is 0 Å². The first-order valence-electron chi connectivity index (χ1n) is 5.94. The summed E-state index contributed by atoms with van der Waals surface area (Å²) < 4.78 is 0. The van der Waals surface area contributed by atoms with Gasteiger partial charge in [-0.1, -0.05) is 6.07 Å². The van der Waals surface area contributed by atoms with Gasteiger partial charge < -0.3 is 5.32 Å². The maximum absolute atomic E-state index is 10.7. The van der Waals surface area contributed by atoms with Crippen LogP contribution in [-0.2, 0) is 0 Å². The van der Waals surface area contributed by atoms with Gasteiger partial charge in [-0.2, -0.15) is 0 Å². The van der Waals surface area contributed by atoms with Gasteiger partial charge in [0.15, 0.2) is 0 Å². The summed E-state index contributed by atoms with van der Waals surface area (Å²) in [5.74, 6) is 0.433. The van der Waals surface area contributed by atoms with Gasteiger partial charge in [0.1, 0.15) is 5.82 Å². The van der Waals surface area contributed by atoms with E-state index in [1.54, 1.807) is 12.4 Å². The Morgan fingerprint density at radius 2 is 1.95 bits per heavy atom. The molecule has 1 aromatic carbocycles. The van der Waals surface area contributed by atoms with E-state index in [1.165, 1.54) is 18.3 Å². The Labute approximate surface area is 114 Å². The van der Waals surface area contributed by atoms with Crippen LogP contribution in [0.5, 0.6) is 0 Å². The van der Waals surface area contributed by atoms with Crippen molar-refractivity contribution in [1.29, 1.82) is 0 Å². The molecule has 0 saturated carbocycles. The fraction of sp³-hybridized carbons (Fsp3) is 0. The molecule has 0 bridgehead atoms. The molecule has 98 valence electrons. The molecule has 6 heteroatoms. The number of nitrogens with one attached hydrogen (secondary N) is 1. The van der Waals surface area contributed by atoms with Gasteiger partial charge in [0.2, 0.25) is 0 Å². The van der Waals surface area contributed by atoms with Crippen LogP contribution in [0, 0.1) is 10.1 Å². The number of pyridine rings is 2. The zero-order valence-corrected chi connectivity index (χ0v) is 10.4. The minimum absolute atomic E-state index is 0.00459. The maximum atomic E-state index is 10.7. The first-order valence-corrected chi connectivity index (χ1v) is 5.94. The summed E-state index contributed by atoms with van der Waals surface area (Å²) in [6, 6.07) is 10.4. The molecular weight excluding hydrogens is 256 g/mol. The third kappa shape index (κ3) is 2.39. The summed E-state index contributed by atoms with van der Waals surface area (Å²) in [6.45, 7) is 0. The minimum atomic E-state index is -0.447. The van der Waals surface area contributed by atoms with Gasteiger partial charge in [-0.3, -0.25) is 15.1 Å². The molecule has 3 rings (SSSR count). The molecule has 0 amide bonds. The monoisotopic (exact) mass is 266 g/mol. The van der Waals surface area contributed by atoms with Crippen molar-refractivity contribution in [2.24, 2.45) is 0 Å². The molecule has 2 aromatic heterocycles. The highest BCUT2D eigenvalue weighted by Crippen LogP contribution is 2.22. The van der Waals surface area contributed by atoms with E-state index in [-0.39, 0.29) is 5.69 Å². The van der Waals surface area contributed by atoms with Crippen molar-refractivity contribution in [3.8, 4) is 0 Å². The summed E-state index contributed by atoms with van der Waals surface area (Å²) in [5, 5.41) is 15.8. The highest BCUT2D eigenvalue weighted by molar-refractivity contribution is 5.85. The van der Waals surface area contributed by atoms with E-state index in [9.17, 15) is 10.1 Å². The van der Waals surface area contributed by atoms with Crippen molar-refractivity contribution in [3.63, 3.8) is 0 Å². The first kappa shape index (κ1) is 12.0. The molecule has 0 aliphatic carbocycles. The molecule has 20 heavy (non-hydrogen) atoms. The molecule has 0 aliphatic heterocycles. The lowest BCUT2D eigenvalue weighted by Crippen LogP contribution is -1.95. The van der Waals surface area contributed by atoms with Gasteiger partial charge in [-0.05, 0) is 23.6 Å². The zero-order chi connectivity index (χ0) is 13.9. The molecule has 6 nitrogen and oxygen atoms in total. The molecule has 3 aromatic rings. The molecule has 0 radical (unpaired) electrons. The molecule has 0 aliphatic rings. The third-order valence-corrected chi connectivity index (χ3v) is 2.87. The Morgan fingerprint density at radius 3 is 2.80 bits per heavy atom. The minimum Gasteiger partial charge on any atom is -0.340 e. The predicted molar refractivity (Wildman–Crippen MR) is 75.9 cm³/mol. The SMILES string of the molecule is O=[N+]([O-])c1ccnc(Nc2ccc3ccncc3c2)c1. The van der Waals surface area contributed by atoms with Crippen LogP contribution in [0.4, 0.5) is 17.2 Å². The smallest absolute Gasteiger partial charge is 0.274 e. The van der Waals surface area contributed by atoms with Crippen molar-refractivity contribution in [3.05, 3.63) is 65.1 Å². The number of hydrogen-bond acceptors (Lipinski definition) is 5. The fourth-order valence-electron chi connectivity index (χ4n) is 1.91. The van der Waals surface area contributed by atoms with E-state index < -0.39 is 4.92 Å². The van der Waals surface area contributed by atoms with Crippen LogP contribution in [0.1, 0.15) is 0 Å². The number of nitrogens with zero attached hydrogens (tertiary/aromatic N) is 3. The van der Waals surface area contributed by atoms with E-state index >= 15 is 0 Å². The summed E-state index contributed by atoms with van der Waals surface area (Å²) in [4.78, 5) is 18.4. The van der Waals surface area contributed by atoms with Crippen molar-refractivity contribution < 1.29 is 4.92 Å². The largest absolute Gasteiger partial charge is 0.340 e. The summed E-state index contributed by atoms with van der Waals surface area (Å²) in [6.07, 6.45) is 4.90. The van der Waals surface area contributed by atoms with Crippen LogP contribution in [0.15, 0.2) is 55.0 Å². The van der Waals surface area contributed by atoms with Crippen LogP contribution >= 0.6 is 0 Å². The average molecular weight is 266 g/mol. The van der Waals surface area contributed by atoms with Crippen molar-refractivity contribution in [2.75, 3.05) is 5.32 Å². The lowest BCUT2D eigenvalue weighted by Gasteiger charge is -2.06. The van der Waals surface area contributed by atoms with Gasteiger partial charge >= 0.3 is 0 Å². The molecule has 1 N–H and O–H groups in total. The quantitative estimate of drug-likeness (QED) is 0.581. The second-order valence-corrected chi connectivity index (χ2v) is 4.22. The van der Waals surface area contributed by atoms with Gasteiger partial charge in [-0.25, -0.2) is 4.98 Å². The van der Waals surface area contributed by atoms with Crippen LogP contribution in [-0.4, -0.2) is 14.9 Å². The van der Waals surface area contributed by atoms with Gasteiger partial charge in [-0.15, -0.1) is 0 Å². The molecule has 0 saturated heterocycles. The van der Waals surface area contributed by atoms with E-state index in [1.807, 2.05) is 24.3 Å². The van der Waals surface area contributed by atoms with Gasteiger partial charge in [0, 0.05) is 35.7 Å². The van der Waals surface area contributed by atoms with Crippen molar-refractivity contribution in [2.45, 2.75) is 0 Å². The number of hydrogen-bond donors (Lipinski definition) is 1. The lowest BCUT2D eigenvalue weighted by molar-refractivity contribution is -0.384. The standard InChI is InChI=1S/C14H10N4O2/c19-18(20)13-4-6-16-14(8-13)17-12-2-1-10-3-5-15-9-11(10)7-12/h1-9H,(H,16,17). The average Bonchev–Trinajstić information content (AvgIpc) is 2.47. The number of aromatic nitrogens is 2.